The van der Waals surface area contributed by atoms with Crippen LogP contribution in [0.3, 0.4) is 0 Å². The lowest BCUT2D eigenvalue weighted by atomic mass is 9.99. The number of rotatable bonds is 75. The molecule has 0 heterocycles. The highest BCUT2D eigenvalue weighted by Crippen LogP contribution is 2.45. The molecule has 0 aromatic carbocycles. The van der Waals surface area contributed by atoms with E-state index in [0.29, 0.717) is 25.7 Å². The Hall–Kier alpha value is -1.94. The van der Waals surface area contributed by atoms with Gasteiger partial charge in [-0.05, 0) is 31.6 Å². The Bertz CT molecular complexity index is 1810. The molecule has 17 nitrogen and oxygen atoms in total. The first-order valence-corrected chi connectivity index (χ1v) is 42.2. The molecule has 0 saturated carbocycles. The maximum Gasteiger partial charge on any atom is 0.472 e. The normalized spacial score (nSPS) is 14.3. The molecule has 0 aromatic heterocycles. The van der Waals surface area contributed by atoms with Gasteiger partial charge in [-0.25, -0.2) is 9.13 Å². The molecule has 0 aliphatic carbocycles. The Kier molecular flexibility index (Phi) is 66.8. The van der Waals surface area contributed by atoms with Crippen molar-refractivity contribution in [3.05, 3.63) is 0 Å². The zero-order valence-corrected chi connectivity index (χ0v) is 62.9. The van der Waals surface area contributed by atoms with Crippen molar-refractivity contribution in [2.24, 2.45) is 5.92 Å². The van der Waals surface area contributed by atoms with Crippen LogP contribution in [0.15, 0.2) is 0 Å². The molecule has 0 saturated heterocycles. The standard InChI is InChI=1S/C75H146O17P2/c1-6-10-13-16-19-22-25-35-40-44-49-54-59-73(78)86-65-71(92-75(80)61-56-51-46-41-36-33-31-29-27-26-28-30-32-34-37-42-47-52-57-68(5)9-4)67-90-94(83,84)88-63-69(76)62-87-93(81,82)89-66-70(91-74(79)60-55-50-45-39-24-21-18-15-12-8-3)64-85-72(77)58-53-48-43-38-23-20-17-14-11-7-2/h68-71,76H,6-67H2,1-5H3,(H,81,82)(H,83,84)/t68?,69-,70+,71+/m0/s1. The van der Waals surface area contributed by atoms with E-state index in [0.717, 1.165) is 95.8 Å². The predicted octanol–water partition coefficient (Wildman–Crippen LogP) is 22.1. The van der Waals surface area contributed by atoms with Gasteiger partial charge in [0.2, 0.25) is 0 Å². The van der Waals surface area contributed by atoms with Crippen molar-refractivity contribution in [1.29, 1.82) is 0 Å². The molecular formula is C75H146O17P2. The van der Waals surface area contributed by atoms with E-state index in [2.05, 4.69) is 34.6 Å². The van der Waals surface area contributed by atoms with Crippen molar-refractivity contribution in [3.8, 4) is 0 Å². The summed E-state index contributed by atoms with van der Waals surface area (Å²) >= 11 is 0. The van der Waals surface area contributed by atoms with Crippen LogP contribution in [0, 0.1) is 5.92 Å². The molecule has 0 amide bonds. The van der Waals surface area contributed by atoms with Gasteiger partial charge in [-0.3, -0.25) is 37.3 Å². The molecule has 0 rings (SSSR count). The molecule has 0 bridgehead atoms. The minimum atomic E-state index is -4.95. The van der Waals surface area contributed by atoms with Gasteiger partial charge in [0.15, 0.2) is 12.2 Å². The molecule has 0 spiro atoms. The van der Waals surface area contributed by atoms with Crippen molar-refractivity contribution >= 4 is 39.5 Å². The first-order valence-electron chi connectivity index (χ1n) is 39.2. The van der Waals surface area contributed by atoms with Crippen molar-refractivity contribution < 1.29 is 80.2 Å². The predicted molar refractivity (Wildman–Crippen MR) is 382 cm³/mol. The zero-order valence-electron chi connectivity index (χ0n) is 61.1. The zero-order chi connectivity index (χ0) is 69.1. The number of phosphoric acid groups is 2. The van der Waals surface area contributed by atoms with Crippen LogP contribution in [0.2, 0.25) is 0 Å². The Morgan fingerprint density at radius 2 is 0.511 bits per heavy atom. The molecule has 6 atom stereocenters. The minimum Gasteiger partial charge on any atom is -0.462 e. The van der Waals surface area contributed by atoms with Gasteiger partial charge >= 0.3 is 39.5 Å². The Labute approximate surface area is 575 Å². The second-order valence-electron chi connectivity index (χ2n) is 27.3. The number of phosphoric ester groups is 2. The van der Waals surface area contributed by atoms with E-state index >= 15 is 0 Å². The Balaban J connectivity index is 5.16. The number of aliphatic hydroxyl groups is 1. The number of ether oxygens (including phenoxy) is 4. The first-order chi connectivity index (χ1) is 45.6. The van der Waals surface area contributed by atoms with Gasteiger partial charge in [0.05, 0.1) is 26.4 Å². The third-order valence-electron chi connectivity index (χ3n) is 17.9. The number of carbonyl (C=O) groups excluding carboxylic acids is 4. The average Bonchev–Trinajstić information content (AvgIpc) is 3.07. The molecule has 558 valence electrons. The second kappa shape index (κ2) is 68.2. The highest BCUT2D eigenvalue weighted by molar-refractivity contribution is 7.47. The molecule has 19 heteroatoms. The van der Waals surface area contributed by atoms with Crippen molar-refractivity contribution in [3.63, 3.8) is 0 Å². The molecule has 0 radical (unpaired) electrons. The number of hydrogen-bond donors (Lipinski definition) is 3. The summed E-state index contributed by atoms with van der Waals surface area (Å²) in [6.07, 6.45) is 56.8. The van der Waals surface area contributed by atoms with Crippen LogP contribution in [0.5, 0.6) is 0 Å². The summed E-state index contributed by atoms with van der Waals surface area (Å²) in [7, 11) is -9.90. The largest absolute Gasteiger partial charge is 0.472 e. The van der Waals surface area contributed by atoms with Gasteiger partial charge in [-0.2, -0.15) is 0 Å². The average molecular weight is 1380 g/mol. The van der Waals surface area contributed by atoms with E-state index in [-0.39, 0.29) is 25.7 Å². The first kappa shape index (κ1) is 92.1. The van der Waals surface area contributed by atoms with E-state index < -0.39 is 97.5 Å². The Morgan fingerprint density at radius 3 is 0.755 bits per heavy atom. The maximum atomic E-state index is 13.1. The van der Waals surface area contributed by atoms with Gasteiger partial charge in [0, 0.05) is 25.7 Å². The Morgan fingerprint density at radius 1 is 0.298 bits per heavy atom. The van der Waals surface area contributed by atoms with E-state index in [4.69, 9.17) is 37.0 Å². The quantitative estimate of drug-likeness (QED) is 0.0222. The number of unbranched alkanes of at least 4 members (excludes halogenated alkanes) is 46. The number of carbonyl (C=O) groups is 4. The van der Waals surface area contributed by atoms with Crippen LogP contribution in [-0.2, 0) is 65.4 Å². The highest BCUT2D eigenvalue weighted by Gasteiger charge is 2.30. The van der Waals surface area contributed by atoms with E-state index in [1.54, 1.807) is 0 Å². The lowest BCUT2D eigenvalue weighted by Crippen LogP contribution is -2.30. The summed E-state index contributed by atoms with van der Waals surface area (Å²) in [4.78, 5) is 72.6. The number of aliphatic hydroxyl groups excluding tert-OH is 1. The van der Waals surface area contributed by atoms with Gasteiger partial charge in [0.1, 0.15) is 19.3 Å². The highest BCUT2D eigenvalue weighted by atomic mass is 31.2. The van der Waals surface area contributed by atoms with Crippen molar-refractivity contribution in [2.75, 3.05) is 39.6 Å². The molecule has 0 aromatic rings. The van der Waals surface area contributed by atoms with Gasteiger partial charge in [-0.15, -0.1) is 0 Å². The summed E-state index contributed by atoms with van der Waals surface area (Å²) < 4.78 is 68.4. The lowest BCUT2D eigenvalue weighted by Gasteiger charge is -2.21. The van der Waals surface area contributed by atoms with Crippen molar-refractivity contribution in [2.45, 2.75) is 412 Å². The van der Waals surface area contributed by atoms with Crippen LogP contribution in [0.4, 0.5) is 0 Å². The molecule has 3 N–H and O–H groups in total. The summed E-state index contributed by atoms with van der Waals surface area (Å²) in [5, 5.41) is 10.6. The summed E-state index contributed by atoms with van der Waals surface area (Å²) in [5.41, 5.74) is 0. The van der Waals surface area contributed by atoms with Gasteiger partial charge in [-0.1, -0.05) is 343 Å². The summed E-state index contributed by atoms with van der Waals surface area (Å²) in [5.74, 6) is -1.24. The molecule has 0 fully saturated rings. The summed E-state index contributed by atoms with van der Waals surface area (Å²) in [6, 6.07) is 0. The third kappa shape index (κ3) is 67.3. The SMILES string of the molecule is CCCCCCCCCCCCCCC(=O)OC[C@H](COP(=O)(O)OC[C@@H](O)COP(=O)(O)OC[C@@H](COC(=O)CCCCCCCCCCCC)OC(=O)CCCCCCCCCCCC)OC(=O)CCCCCCCCCCCCCCCCCCCCC(C)CC. The molecule has 94 heavy (non-hydrogen) atoms. The van der Waals surface area contributed by atoms with E-state index in [9.17, 15) is 43.2 Å². The van der Waals surface area contributed by atoms with Crippen LogP contribution in [0.25, 0.3) is 0 Å². The topological polar surface area (TPSA) is 237 Å². The summed E-state index contributed by atoms with van der Waals surface area (Å²) in [6.45, 7) is 7.33. The smallest absolute Gasteiger partial charge is 0.462 e. The molecule has 0 aliphatic rings. The van der Waals surface area contributed by atoms with Gasteiger partial charge in [0.25, 0.3) is 0 Å². The van der Waals surface area contributed by atoms with Crippen LogP contribution in [0.1, 0.15) is 394 Å². The fourth-order valence-corrected chi connectivity index (χ4v) is 13.1. The number of hydrogen-bond acceptors (Lipinski definition) is 15. The minimum absolute atomic E-state index is 0.107. The van der Waals surface area contributed by atoms with Crippen molar-refractivity contribution in [1.82, 2.24) is 0 Å². The molecule has 0 aliphatic heterocycles. The second-order valence-corrected chi connectivity index (χ2v) is 30.2. The molecular weight excluding hydrogens is 1230 g/mol. The van der Waals surface area contributed by atoms with Crippen LogP contribution >= 0.6 is 15.6 Å². The van der Waals surface area contributed by atoms with Gasteiger partial charge < -0.3 is 33.8 Å². The van der Waals surface area contributed by atoms with E-state index in [1.807, 2.05) is 0 Å². The fourth-order valence-electron chi connectivity index (χ4n) is 11.5. The van der Waals surface area contributed by atoms with E-state index in [1.165, 1.54) is 218 Å². The van der Waals surface area contributed by atoms with Crippen LogP contribution < -0.4 is 0 Å². The monoisotopic (exact) mass is 1380 g/mol. The maximum absolute atomic E-state index is 13.1. The third-order valence-corrected chi connectivity index (χ3v) is 19.8. The molecule has 3 unspecified atom stereocenters. The van der Waals surface area contributed by atoms with Crippen LogP contribution in [-0.4, -0.2) is 96.7 Å². The fraction of sp³-hybridized carbons (Fsp3) is 0.947. The lowest BCUT2D eigenvalue weighted by molar-refractivity contribution is -0.161. The number of esters is 4.